The SMILES string of the molecule is c1ccc(-c2cccc(-c3cccc(-c4cccc(-c5cccc(-c6cccc(-c7nc(-c8ccccc8)cc(-c8ccc9ccccc9c8)n7)c6)c5)c4)c3)c2)cc1. The zero-order chi connectivity index (χ0) is 38.7. The number of hydrogen-bond donors (Lipinski definition) is 0. The van der Waals surface area contributed by atoms with Crippen molar-refractivity contribution in [3.63, 3.8) is 0 Å². The highest BCUT2D eigenvalue weighted by molar-refractivity contribution is 5.88. The Morgan fingerprint density at radius 3 is 1.02 bits per heavy atom. The molecule has 2 heteroatoms. The summed E-state index contributed by atoms with van der Waals surface area (Å²) >= 11 is 0. The molecule has 10 aromatic rings. The van der Waals surface area contributed by atoms with E-state index in [0.29, 0.717) is 5.82 Å². The number of aromatic nitrogens is 2. The molecule has 0 saturated heterocycles. The lowest BCUT2D eigenvalue weighted by molar-refractivity contribution is 1.18. The fraction of sp³-hybridized carbons (Fsp3) is 0. The van der Waals surface area contributed by atoms with Gasteiger partial charge in [0.05, 0.1) is 11.4 Å². The molecule has 0 aliphatic carbocycles. The molecular weight excluding hydrogens is 701 g/mol. The molecular formula is C56H38N2. The number of hydrogen-bond acceptors (Lipinski definition) is 2. The van der Waals surface area contributed by atoms with Gasteiger partial charge in [0, 0.05) is 16.7 Å². The predicted octanol–water partition coefficient (Wildman–Crippen LogP) is 15.0. The molecule has 0 amide bonds. The van der Waals surface area contributed by atoms with E-state index in [2.05, 4.69) is 224 Å². The Morgan fingerprint density at radius 2 is 0.534 bits per heavy atom. The Morgan fingerprint density at radius 1 is 0.190 bits per heavy atom. The number of rotatable bonds is 8. The normalized spacial score (nSPS) is 11.1. The van der Waals surface area contributed by atoms with E-state index in [0.717, 1.165) is 44.8 Å². The van der Waals surface area contributed by atoms with Gasteiger partial charge in [0.25, 0.3) is 0 Å². The maximum Gasteiger partial charge on any atom is 0.160 e. The first-order chi connectivity index (χ1) is 28.7. The van der Waals surface area contributed by atoms with Gasteiger partial charge >= 0.3 is 0 Å². The Kier molecular flexibility index (Phi) is 9.27. The first-order valence-electron chi connectivity index (χ1n) is 19.7. The third-order valence-electron chi connectivity index (χ3n) is 10.9. The zero-order valence-electron chi connectivity index (χ0n) is 31.8. The lowest BCUT2D eigenvalue weighted by Gasteiger charge is -2.12. The van der Waals surface area contributed by atoms with Gasteiger partial charge in [0.1, 0.15) is 0 Å². The number of benzene rings is 9. The molecule has 10 rings (SSSR count). The van der Waals surface area contributed by atoms with Crippen molar-refractivity contribution in [2.45, 2.75) is 0 Å². The van der Waals surface area contributed by atoms with Crippen molar-refractivity contribution in [2.75, 3.05) is 0 Å². The second-order valence-electron chi connectivity index (χ2n) is 14.7. The second kappa shape index (κ2) is 15.5. The summed E-state index contributed by atoms with van der Waals surface area (Å²) in [5.41, 5.74) is 16.7. The number of fused-ring (bicyclic) bond motifs is 1. The standard InChI is InChI=1S/C56H38N2/c1-3-14-39(15-4-1)43-20-9-21-44(32-43)45-22-10-23-46(33-45)47-24-11-25-48(34-47)49-26-12-27-50(35-49)51-28-13-29-53(37-51)56-57-54(41-17-5-2-6-18-41)38-55(58-56)52-31-30-40-16-7-8-19-42(40)36-52/h1-38H. The molecule has 0 saturated carbocycles. The highest BCUT2D eigenvalue weighted by Crippen LogP contribution is 2.35. The van der Waals surface area contributed by atoms with E-state index in [1.165, 1.54) is 49.7 Å². The molecule has 0 aliphatic heterocycles. The average molecular weight is 739 g/mol. The molecule has 0 fully saturated rings. The van der Waals surface area contributed by atoms with Crippen molar-refractivity contribution >= 4 is 10.8 Å². The van der Waals surface area contributed by atoms with Gasteiger partial charge in [-0.05, 0) is 109 Å². The highest BCUT2D eigenvalue weighted by atomic mass is 14.9. The minimum atomic E-state index is 0.698. The van der Waals surface area contributed by atoms with Crippen molar-refractivity contribution < 1.29 is 0 Å². The molecule has 0 unspecified atom stereocenters. The first kappa shape index (κ1) is 34.8. The monoisotopic (exact) mass is 738 g/mol. The maximum absolute atomic E-state index is 5.18. The molecule has 58 heavy (non-hydrogen) atoms. The molecule has 0 atom stereocenters. The van der Waals surface area contributed by atoms with Crippen LogP contribution in [0.3, 0.4) is 0 Å². The lowest BCUT2D eigenvalue weighted by atomic mass is 9.94. The van der Waals surface area contributed by atoms with Gasteiger partial charge in [-0.2, -0.15) is 0 Å². The molecule has 0 bridgehead atoms. The minimum Gasteiger partial charge on any atom is -0.228 e. The fourth-order valence-corrected chi connectivity index (χ4v) is 7.81. The van der Waals surface area contributed by atoms with E-state index in [-0.39, 0.29) is 0 Å². The van der Waals surface area contributed by atoms with Crippen molar-refractivity contribution in [2.24, 2.45) is 0 Å². The molecule has 1 aromatic heterocycles. The van der Waals surface area contributed by atoms with Crippen LogP contribution in [0, 0.1) is 0 Å². The largest absolute Gasteiger partial charge is 0.228 e. The summed E-state index contributed by atoms with van der Waals surface area (Å²) in [6.45, 7) is 0. The second-order valence-corrected chi connectivity index (χ2v) is 14.7. The van der Waals surface area contributed by atoms with Crippen LogP contribution in [0.5, 0.6) is 0 Å². The van der Waals surface area contributed by atoms with Gasteiger partial charge < -0.3 is 0 Å². The van der Waals surface area contributed by atoms with Crippen LogP contribution in [0.1, 0.15) is 0 Å². The number of nitrogens with zero attached hydrogens (tertiary/aromatic N) is 2. The first-order valence-corrected chi connectivity index (χ1v) is 19.7. The van der Waals surface area contributed by atoms with E-state index in [1.54, 1.807) is 0 Å². The van der Waals surface area contributed by atoms with Gasteiger partial charge in [-0.1, -0.05) is 188 Å². The Labute approximate surface area is 339 Å². The van der Waals surface area contributed by atoms with Crippen LogP contribution in [0.4, 0.5) is 0 Å². The summed E-state index contributed by atoms with van der Waals surface area (Å²) in [5, 5.41) is 2.40. The van der Waals surface area contributed by atoms with Gasteiger partial charge in [-0.15, -0.1) is 0 Å². The van der Waals surface area contributed by atoms with Gasteiger partial charge in [-0.25, -0.2) is 9.97 Å². The Bertz CT molecular complexity index is 3060. The van der Waals surface area contributed by atoms with Crippen LogP contribution in [0.2, 0.25) is 0 Å². The molecule has 1 heterocycles. The highest BCUT2D eigenvalue weighted by Gasteiger charge is 2.13. The summed E-state index contributed by atoms with van der Waals surface area (Å²) < 4.78 is 0. The van der Waals surface area contributed by atoms with Gasteiger partial charge in [0.15, 0.2) is 5.82 Å². The molecule has 272 valence electrons. The van der Waals surface area contributed by atoms with E-state index < -0.39 is 0 Å². The zero-order valence-corrected chi connectivity index (χ0v) is 31.8. The van der Waals surface area contributed by atoms with Crippen LogP contribution >= 0.6 is 0 Å². The van der Waals surface area contributed by atoms with Gasteiger partial charge in [-0.3, -0.25) is 0 Å². The van der Waals surface area contributed by atoms with Crippen LogP contribution in [0.15, 0.2) is 231 Å². The summed E-state index contributed by atoms with van der Waals surface area (Å²) in [5.74, 6) is 0.698. The molecule has 0 spiro atoms. The van der Waals surface area contributed by atoms with E-state index in [9.17, 15) is 0 Å². The Balaban J connectivity index is 0.972. The van der Waals surface area contributed by atoms with Crippen LogP contribution in [-0.2, 0) is 0 Å². The summed E-state index contributed by atoms with van der Waals surface area (Å²) in [7, 11) is 0. The van der Waals surface area contributed by atoms with Crippen LogP contribution in [-0.4, -0.2) is 9.97 Å². The quantitative estimate of drug-likeness (QED) is 0.155. The molecule has 0 radical (unpaired) electrons. The third kappa shape index (κ3) is 7.23. The van der Waals surface area contributed by atoms with Crippen molar-refractivity contribution in [3.8, 4) is 89.5 Å². The van der Waals surface area contributed by atoms with Gasteiger partial charge in [0.2, 0.25) is 0 Å². The smallest absolute Gasteiger partial charge is 0.160 e. The van der Waals surface area contributed by atoms with E-state index in [1.807, 2.05) is 6.07 Å². The summed E-state index contributed by atoms with van der Waals surface area (Å²) in [4.78, 5) is 10.3. The van der Waals surface area contributed by atoms with Crippen molar-refractivity contribution in [1.82, 2.24) is 9.97 Å². The van der Waals surface area contributed by atoms with Crippen molar-refractivity contribution in [1.29, 1.82) is 0 Å². The lowest BCUT2D eigenvalue weighted by Crippen LogP contribution is -1.96. The van der Waals surface area contributed by atoms with Crippen LogP contribution < -0.4 is 0 Å². The summed E-state index contributed by atoms with van der Waals surface area (Å²) in [6.07, 6.45) is 0. The predicted molar refractivity (Wildman–Crippen MR) is 243 cm³/mol. The minimum absolute atomic E-state index is 0.698. The topological polar surface area (TPSA) is 25.8 Å². The maximum atomic E-state index is 5.18. The van der Waals surface area contributed by atoms with E-state index in [4.69, 9.17) is 9.97 Å². The molecule has 0 N–H and O–H groups in total. The molecule has 2 nitrogen and oxygen atoms in total. The van der Waals surface area contributed by atoms with Crippen LogP contribution in [0.25, 0.3) is 100 Å². The fourth-order valence-electron chi connectivity index (χ4n) is 7.81. The molecule has 9 aromatic carbocycles. The third-order valence-corrected chi connectivity index (χ3v) is 10.9. The Hall–Kier alpha value is -7.68. The average Bonchev–Trinajstić information content (AvgIpc) is 3.32. The summed E-state index contributed by atoms with van der Waals surface area (Å²) in [6, 6.07) is 81.9. The van der Waals surface area contributed by atoms with E-state index >= 15 is 0 Å². The molecule has 0 aliphatic rings. The van der Waals surface area contributed by atoms with Crippen molar-refractivity contribution in [3.05, 3.63) is 231 Å².